The molecule has 0 N–H and O–H groups in total. The van der Waals surface area contributed by atoms with Gasteiger partial charge in [-0.3, -0.25) is 0 Å². The zero-order valence-electron chi connectivity index (χ0n) is 34.4. The van der Waals surface area contributed by atoms with Crippen LogP contribution in [0.25, 0.3) is 21.5 Å². The van der Waals surface area contributed by atoms with Crippen LogP contribution in [0.15, 0.2) is 168 Å². The molecular weight excluding hydrogens is 771 g/mol. The molecule has 4 bridgehead atoms. The number of benzene rings is 8. The van der Waals surface area contributed by atoms with Gasteiger partial charge in [0.1, 0.15) is 11.6 Å². The summed E-state index contributed by atoms with van der Waals surface area (Å²) in [5, 5.41) is 4.96. The molecule has 0 radical (unpaired) electrons. The van der Waals surface area contributed by atoms with E-state index in [0.29, 0.717) is 11.8 Å². The van der Waals surface area contributed by atoms with Gasteiger partial charge in [0.25, 0.3) is 0 Å². The molecule has 0 unspecified atom stereocenters. The van der Waals surface area contributed by atoms with Crippen molar-refractivity contribution in [1.29, 1.82) is 0 Å². The summed E-state index contributed by atoms with van der Waals surface area (Å²) in [5.74, 6) is 2.36. The molecule has 5 heteroatoms. The summed E-state index contributed by atoms with van der Waals surface area (Å²) in [5.41, 5.74) is 11.4. The molecule has 8 aromatic carbocycles. The quantitative estimate of drug-likeness (QED) is 0.165. The van der Waals surface area contributed by atoms with Gasteiger partial charge in [-0.2, -0.15) is 0 Å². The minimum atomic E-state index is -0.239. The molecule has 0 aromatic heterocycles. The van der Waals surface area contributed by atoms with Crippen LogP contribution in [-0.2, 0) is 5.41 Å². The number of fused-ring (bicyclic) bond motifs is 4. The Hall–Kier alpha value is -5.91. The second-order valence-corrected chi connectivity index (χ2v) is 19.4. The number of halogens is 2. The molecule has 2 nitrogen and oxygen atoms in total. The Morgan fingerprint density at radius 2 is 0.836 bits per heavy atom. The Morgan fingerprint density at radius 3 is 1.26 bits per heavy atom. The van der Waals surface area contributed by atoms with E-state index in [0.717, 1.165) is 46.0 Å². The molecule has 4 saturated carbocycles. The number of hydrogen-bond acceptors (Lipinski definition) is 3. The molecule has 13 rings (SSSR count). The number of anilines is 6. The smallest absolute Gasteiger partial charge is 0.123 e. The fraction of sp³-hybridized carbons (Fsp3) is 0.214. The third kappa shape index (κ3) is 6.02. The van der Waals surface area contributed by atoms with Gasteiger partial charge < -0.3 is 9.80 Å². The van der Waals surface area contributed by atoms with Crippen molar-refractivity contribution >= 4 is 67.4 Å². The standard InChI is InChI=1S/C56H46F2N2S/c1-34-5-3-7-48(21-34)59(46-17-11-44(57)12-18-46)50-15-9-38-32-54-52(30-40(38)28-50)56(42-24-36-23-37(26-42)27-43(56)25-36)53-31-41-29-51(16-10-39(41)33-55(53)61-54)60(47-19-13-45(58)14-20-47)49-8-4-6-35(2)22-49/h3-22,28-33,36-37,42-43H,23-27H2,1-2H3. The van der Waals surface area contributed by atoms with Crippen LogP contribution in [0.5, 0.6) is 0 Å². The number of hydrogen-bond donors (Lipinski definition) is 0. The van der Waals surface area contributed by atoms with Gasteiger partial charge in [-0.25, -0.2) is 8.78 Å². The Labute approximate surface area is 360 Å². The molecule has 1 spiro atoms. The van der Waals surface area contributed by atoms with E-state index in [4.69, 9.17) is 0 Å². The highest BCUT2D eigenvalue weighted by Crippen LogP contribution is 2.69. The van der Waals surface area contributed by atoms with Crippen LogP contribution in [0.4, 0.5) is 42.9 Å². The van der Waals surface area contributed by atoms with E-state index in [1.54, 1.807) is 24.3 Å². The average molecular weight is 817 g/mol. The van der Waals surface area contributed by atoms with Crippen molar-refractivity contribution in [2.24, 2.45) is 23.7 Å². The molecule has 4 fully saturated rings. The molecule has 0 amide bonds. The topological polar surface area (TPSA) is 6.48 Å². The monoisotopic (exact) mass is 816 g/mol. The zero-order chi connectivity index (χ0) is 41.0. The van der Waals surface area contributed by atoms with Crippen molar-refractivity contribution in [2.75, 3.05) is 9.80 Å². The van der Waals surface area contributed by atoms with E-state index in [1.165, 1.54) is 85.7 Å². The number of rotatable bonds is 6. The highest BCUT2D eigenvalue weighted by molar-refractivity contribution is 7.99. The van der Waals surface area contributed by atoms with Crippen LogP contribution in [0.3, 0.4) is 0 Å². The first-order valence-electron chi connectivity index (χ1n) is 21.9. The van der Waals surface area contributed by atoms with E-state index < -0.39 is 0 Å². The summed E-state index contributed by atoms with van der Waals surface area (Å²) in [7, 11) is 0. The third-order valence-electron chi connectivity index (χ3n) is 14.6. The third-order valence-corrected chi connectivity index (χ3v) is 15.7. The molecule has 0 atom stereocenters. The molecule has 5 aliphatic rings. The summed E-state index contributed by atoms with van der Waals surface area (Å²) in [6.45, 7) is 4.24. The maximum atomic E-state index is 14.3. The van der Waals surface area contributed by atoms with E-state index in [-0.39, 0.29) is 17.0 Å². The Bertz CT molecular complexity index is 2810. The van der Waals surface area contributed by atoms with E-state index in [9.17, 15) is 8.78 Å². The van der Waals surface area contributed by atoms with Gasteiger partial charge in [0.2, 0.25) is 0 Å². The largest absolute Gasteiger partial charge is 0.310 e. The first kappa shape index (κ1) is 36.9. The van der Waals surface area contributed by atoms with Crippen molar-refractivity contribution in [3.05, 3.63) is 192 Å². The molecular formula is C56H46F2N2S. The van der Waals surface area contributed by atoms with Gasteiger partial charge in [-0.15, -0.1) is 0 Å². The Morgan fingerprint density at radius 1 is 0.426 bits per heavy atom. The van der Waals surface area contributed by atoms with Crippen molar-refractivity contribution in [2.45, 2.75) is 61.2 Å². The summed E-state index contributed by atoms with van der Waals surface area (Å²) >= 11 is 1.95. The van der Waals surface area contributed by atoms with Crippen LogP contribution < -0.4 is 9.80 Å². The minimum Gasteiger partial charge on any atom is -0.310 e. The predicted octanol–water partition coefficient (Wildman–Crippen LogP) is 16.0. The zero-order valence-corrected chi connectivity index (χ0v) is 35.2. The lowest BCUT2D eigenvalue weighted by atomic mass is 9.42. The lowest BCUT2D eigenvalue weighted by molar-refractivity contribution is -0.0442. The van der Waals surface area contributed by atoms with Crippen molar-refractivity contribution in [3.63, 3.8) is 0 Å². The van der Waals surface area contributed by atoms with E-state index >= 15 is 0 Å². The summed E-state index contributed by atoms with van der Waals surface area (Å²) < 4.78 is 28.5. The molecule has 61 heavy (non-hydrogen) atoms. The molecule has 0 saturated heterocycles. The summed E-state index contributed by atoms with van der Waals surface area (Å²) in [6.07, 6.45) is 6.58. The molecule has 4 aliphatic carbocycles. The van der Waals surface area contributed by atoms with Crippen molar-refractivity contribution in [3.8, 4) is 0 Å². The lowest BCUT2D eigenvalue weighted by Crippen LogP contribution is -2.57. The Kier molecular flexibility index (Phi) is 8.51. The number of nitrogens with zero attached hydrogens (tertiary/aromatic N) is 2. The highest BCUT2D eigenvalue weighted by atomic mass is 32.2. The average Bonchev–Trinajstić information content (AvgIpc) is 3.25. The minimum absolute atomic E-state index is 0.0713. The normalized spacial score (nSPS) is 20.5. The Balaban J connectivity index is 1.04. The first-order valence-corrected chi connectivity index (χ1v) is 22.7. The second-order valence-electron chi connectivity index (χ2n) is 18.3. The summed E-state index contributed by atoms with van der Waals surface area (Å²) in [6, 6.07) is 54.6. The number of aryl methyl sites for hydroxylation is 2. The first-order chi connectivity index (χ1) is 29.8. The van der Waals surface area contributed by atoms with Gasteiger partial charge in [-0.1, -0.05) is 48.2 Å². The summed E-state index contributed by atoms with van der Waals surface area (Å²) in [4.78, 5) is 7.30. The molecule has 1 heterocycles. The van der Waals surface area contributed by atoms with Crippen LogP contribution in [0.2, 0.25) is 0 Å². The van der Waals surface area contributed by atoms with Gasteiger partial charge in [0.05, 0.1) is 0 Å². The van der Waals surface area contributed by atoms with E-state index in [2.05, 4.69) is 133 Å². The predicted molar refractivity (Wildman–Crippen MR) is 249 cm³/mol. The molecule has 300 valence electrons. The highest BCUT2D eigenvalue weighted by Gasteiger charge is 2.60. The molecule has 8 aromatic rings. The SMILES string of the molecule is Cc1cccc(N(c2ccc(F)cc2)c2ccc3cc4c(cc3c2)C2(c3cc5cc(N(c6ccc(F)cc6)c6cccc(C)c6)ccc5cc3S4)C3CC4CC(C3)CC2C4)c1. The van der Waals surface area contributed by atoms with Crippen molar-refractivity contribution in [1.82, 2.24) is 0 Å². The van der Waals surface area contributed by atoms with Crippen LogP contribution >= 0.6 is 11.8 Å². The fourth-order valence-corrected chi connectivity index (χ4v) is 13.6. The van der Waals surface area contributed by atoms with Crippen molar-refractivity contribution < 1.29 is 8.78 Å². The van der Waals surface area contributed by atoms with Gasteiger partial charge >= 0.3 is 0 Å². The maximum absolute atomic E-state index is 14.3. The van der Waals surface area contributed by atoms with Gasteiger partial charge in [0, 0.05) is 49.3 Å². The molecule has 1 aliphatic heterocycles. The van der Waals surface area contributed by atoms with Gasteiger partial charge in [-0.05, 0) is 235 Å². The van der Waals surface area contributed by atoms with Crippen LogP contribution in [0.1, 0.15) is 54.4 Å². The van der Waals surface area contributed by atoms with E-state index in [1.807, 2.05) is 36.0 Å². The lowest BCUT2D eigenvalue weighted by Gasteiger charge is -2.63. The van der Waals surface area contributed by atoms with Crippen LogP contribution in [-0.4, -0.2) is 0 Å². The van der Waals surface area contributed by atoms with Gasteiger partial charge in [0.15, 0.2) is 0 Å². The fourth-order valence-electron chi connectivity index (χ4n) is 12.3. The second kappa shape index (κ2) is 14.1. The van der Waals surface area contributed by atoms with Crippen LogP contribution in [0, 0.1) is 49.2 Å². The maximum Gasteiger partial charge on any atom is 0.123 e.